The van der Waals surface area contributed by atoms with E-state index in [4.69, 9.17) is 9.47 Å². The number of Topliss-reactive ketones (excluding diaryl/α,β-unsaturated/α-hetero) is 1. The number of alkyl halides is 3. The minimum absolute atomic E-state index is 0.0570. The number of anilines is 1. The van der Waals surface area contributed by atoms with Gasteiger partial charge < -0.3 is 14.8 Å². The summed E-state index contributed by atoms with van der Waals surface area (Å²) in [6.45, 7) is 3.39. The van der Waals surface area contributed by atoms with Crippen LogP contribution in [0.1, 0.15) is 67.4 Å². The lowest BCUT2D eigenvalue weighted by atomic mass is 9.70. The number of nitrogens with one attached hydrogen (secondary N) is 1. The maximum Gasteiger partial charge on any atom is 0.416 e. The number of benzene rings is 3. The van der Waals surface area contributed by atoms with Crippen LogP contribution in [-0.2, 0) is 36.5 Å². The molecule has 3 aromatic carbocycles. The number of esters is 2. The van der Waals surface area contributed by atoms with Gasteiger partial charge in [-0.25, -0.2) is 0 Å². The van der Waals surface area contributed by atoms with E-state index in [0.717, 1.165) is 25.0 Å². The van der Waals surface area contributed by atoms with E-state index in [2.05, 4.69) is 5.32 Å². The number of halogens is 3. The third-order valence-corrected chi connectivity index (χ3v) is 8.10. The van der Waals surface area contributed by atoms with Gasteiger partial charge in [0.05, 0.1) is 18.8 Å². The summed E-state index contributed by atoms with van der Waals surface area (Å²) in [7, 11) is 0. The predicted octanol–water partition coefficient (Wildman–Crippen LogP) is 7.43. The van der Waals surface area contributed by atoms with Gasteiger partial charge in [0, 0.05) is 24.1 Å². The second-order valence-corrected chi connectivity index (χ2v) is 11.1. The van der Waals surface area contributed by atoms with Crippen LogP contribution in [0.25, 0.3) is 11.1 Å². The normalized spacial score (nSPS) is 13.7. The third kappa shape index (κ3) is 7.79. The van der Waals surface area contributed by atoms with Crippen LogP contribution in [0.4, 0.5) is 18.9 Å². The molecule has 1 aliphatic rings. The topological polar surface area (TPSA) is 98.8 Å². The molecule has 0 atom stereocenters. The Morgan fingerprint density at radius 2 is 1.42 bits per heavy atom. The predicted molar refractivity (Wildman–Crippen MR) is 162 cm³/mol. The number of rotatable bonds is 12. The van der Waals surface area contributed by atoms with E-state index in [-0.39, 0.29) is 43.3 Å². The molecule has 1 fully saturated rings. The van der Waals surface area contributed by atoms with Crippen molar-refractivity contribution in [3.05, 3.63) is 89.5 Å². The van der Waals surface area contributed by atoms with Crippen LogP contribution < -0.4 is 5.32 Å². The van der Waals surface area contributed by atoms with Gasteiger partial charge in [-0.3, -0.25) is 19.2 Å². The smallest absolute Gasteiger partial charge is 0.416 e. The Kier molecular flexibility index (Phi) is 10.8. The molecule has 0 unspecified atom stereocenters. The van der Waals surface area contributed by atoms with E-state index in [9.17, 15) is 32.3 Å². The summed E-state index contributed by atoms with van der Waals surface area (Å²) >= 11 is 0. The Hall–Kier alpha value is -4.47. The highest BCUT2D eigenvalue weighted by Gasteiger charge is 2.56. The maximum absolute atomic E-state index is 13.5. The first-order valence-electron chi connectivity index (χ1n) is 15.0. The molecule has 0 radical (unpaired) electrons. The molecule has 4 rings (SSSR count). The lowest BCUT2D eigenvalue weighted by Crippen LogP contribution is -2.49. The van der Waals surface area contributed by atoms with Gasteiger partial charge in [-0.1, -0.05) is 61.4 Å². The quantitative estimate of drug-likeness (QED) is 0.166. The van der Waals surface area contributed by atoms with Gasteiger partial charge in [-0.05, 0) is 73.6 Å². The van der Waals surface area contributed by atoms with E-state index >= 15 is 0 Å². The fourth-order valence-corrected chi connectivity index (χ4v) is 5.93. The molecule has 1 saturated carbocycles. The summed E-state index contributed by atoms with van der Waals surface area (Å²) in [5, 5.41) is 2.65. The molecular formula is C35H36F3NO6. The number of ketones is 1. The number of carbonyl (C=O) groups is 4. The molecule has 10 heteroatoms. The lowest BCUT2D eigenvalue weighted by molar-refractivity contribution is -0.178. The second kappa shape index (κ2) is 14.5. The Morgan fingerprint density at radius 3 is 1.98 bits per heavy atom. The van der Waals surface area contributed by atoms with Crippen molar-refractivity contribution in [1.29, 1.82) is 0 Å². The van der Waals surface area contributed by atoms with Crippen LogP contribution in [0.3, 0.4) is 0 Å². The Balaban J connectivity index is 1.52. The SMILES string of the molecule is CCOC(=O)C(CC(=O)Cc1ccc(NC(=O)c2cc(C(F)(F)F)ccc2-c2ccccc2)cc1)(C(=O)OCC)C1CCCC1. The first kappa shape index (κ1) is 33.4. The fraction of sp³-hybridized carbons (Fsp3) is 0.371. The molecule has 0 aromatic heterocycles. The van der Waals surface area contributed by atoms with E-state index in [1.165, 1.54) is 18.2 Å². The van der Waals surface area contributed by atoms with E-state index in [0.29, 0.717) is 35.2 Å². The molecule has 1 N–H and O–H groups in total. The molecule has 1 amide bonds. The molecule has 0 aliphatic heterocycles. The lowest BCUT2D eigenvalue weighted by Gasteiger charge is -2.34. The molecule has 3 aromatic rings. The van der Waals surface area contributed by atoms with Crippen molar-refractivity contribution >= 4 is 29.3 Å². The van der Waals surface area contributed by atoms with Gasteiger partial charge in [-0.15, -0.1) is 0 Å². The summed E-state index contributed by atoms with van der Waals surface area (Å²) < 4.78 is 51.0. The van der Waals surface area contributed by atoms with E-state index in [1.807, 2.05) is 0 Å². The zero-order valence-electron chi connectivity index (χ0n) is 25.2. The molecular weight excluding hydrogens is 587 g/mol. The second-order valence-electron chi connectivity index (χ2n) is 11.1. The summed E-state index contributed by atoms with van der Waals surface area (Å²) in [6, 6.07) is 18.0. The molecule has 45 heavy (non-hydrogen) atoms. The number of amides is 1. The van der Waals surface area contributed by atoms with E-state index in [1.54, 1.807) is 56.3 Å². The van der Waals surface area contributed by atoms with Crippen molar-refractivity contribution in [3.8, 4) is 11.1 Å². The minimum Gasteiger partial charge on any atom is -0.465 e. The summed E-state index contributed by atoms with van der Waals surface area (Å²) in [6.07, 6.45) is -2.19. The maximum atomic E-state index is 13.5. The summed E-state index contributed by atoms with van der Waals surface area (Å²) in [5.41, 5.74) is -0.991. The Labute approximate surface area is 260 Å². The molecule has 0 heterocycles. The van der Waals surface area contributed by atoms with Gasteiger partial charge in [-0.2, -0.15) is 13.2 Å². The van der Waals surface area contributed by atoms with Gasteiger partial charge in [0.2, 0.25) is 0 Å². The minimum atomic E-state index is -4.63. The molecule has 0 bridgehead atoms. The van der Waals surface area contributed by atoms with Crippen molar-refractivity contribution in [2.45, 2.75) is 58.5 Å². The van der Waals surface area contributed by atoms with Crippen LogP contribution in [0, 0.1) is 11.3 Å². The Morgan fingerprint density at radius 1 is 0.822 bits per heavy atom. The summed E-state index contributed by atoms with van der Waals surface area (Å²) in [4.78, 5) is 53.1. The molecule has 0 saturated heterocycles. The molecule has 1 aliphatic carbocycles. The van der Waals surface area contributed by atoms with Crippen LogP contribution >= 0.6 is 0 Å². The third-order valence-electron chi connectivity index (χ3n) is 8.10. The van der Waals surface area contributed by atoms with Gasteiger partial charge in [0.25, 0.3) is 5.91 Å². The first-order chi connectivity index (χ1) is 21.5. The van der Waals surface area contributed by atoms with Gasteiger partial charge in [0.15, 0.2) is 5.41 Å². The monoisotopic (exact) mass is 623 g/mol. The molecule has 7 nitrogen and oxygen atoms in total. The number of hydrogen-bond donors (Lipinski definition) is 1. The van der Waals surface area contributed by atoms with Gasteiger partial charge >= 0.3 is 18.1 Å². The average molecular weight is 624 g/mol. The van der Waals surface area contributed by atoms with Crippen molar-refractivity contribution in [2.75, 3.05) is 18.5 Å². The van der Waals surface area contributed by atoms with Crippen LogP contribution in [0.2, 0.25) is 0 Å². The largest absolute Gasteiger partial charge is 0.465 e. The Bertz CT molecular complexity index is 1490. The van der Waals surface area contributed by atoms with Crippen molar-refractivity contribution < 1.29 is 41.8 Å². The van der Waals surface area contributed by atoms with Crippen molar-refractivity contribution in [3.63, 3.8) is 0 Å². The van der Waals surface area contributed by atoms with E-state index < -0.39 is 35.0 Å². The number of hydrogen-bond acceptors (Lipinski definition) is 6. The number of ether oxygens (including phenoxy) is 2. The van der Waals surface area contributed by atoms with Crippen molar-refractivity contribution in [1.82, 2.24) is 0 Å². The average Bonchev–Trinajstić information content (AvgIpc) is 3.56. The number of carbonyl (C=O) groups excluding carboxylic acids is 4. The van der Waals surface area contributed by atoms with Crippen LogP contribution in [0.5, 0.6) is 0 Å². The van der Waals surface area contributed by atoms with Crippen LogP contribution in [0.15, 0.2) is 72.8 Å². The van der Waals surface area contributed by atoms with Crippen LogP contribution in [-0.4, -0.2) is 36.8 Å². The fourth-order valence-electron chi connectivity index (χ4n) is 5.93. The molecule has 238 valence electrons. The summed E-state index contributed by atoms with van der Waals surface area (Å²) in [5.74, 6) is -2.93. The zero-order valence-corrected chi connectivity index (χ0v) is 25.2. The van der Waals surface area contributed by atoms with Crippen molar-refractivity contribution in [2.24, 2.45) is 11.3 Å². The highest BCUT2D eigenvalue weighted by atomic mass is 19.4. The standard InChI is InChI=1S/C35H36F3NO6/c1-3-44-32(42)34(33(43)45-4-2,25-12-8-9-13-25)22-28(40)20-23-14-17-27(18-15-23)39-31(41)30-21-26(35(36,37)38)16-19-29(30)24-10-6-5-7-11-24/h5-7,10-11,14-19,21,25H,3-4,8-9,12-13,20,22H2,1-2H3,(H,39,41). The first-order valence-corrected chi connectivity index (χ1v) is 15.0. The zero-order chi connectivity index (χ0) is 32.6. The molecule has 0 spiro atoms. The highest BCUT2D eigenvalue weighted by molar-refractivity contribution is 6.09. The highest BCUT2D eigenvalue weighted by Crippen LogP contribution is 2.45. The van der Waals surface area contributed by atoms with Gasteiger partial charge in [0.1, 0.15) is 5.78 Å².